The normalized spacial score (nSPS) is 13.5. The van der Waals surface area contributed by atoms with Crippen molar-refractivity contribution in [3.63, 3.8) is 0 Å². The van der Waals surface area contributed by atoms with Crippen LogP contribution >= 0.6 is 0 Å². The van der Waals surface area contributed by atoms with E-state index in [0.717, 1.165) is 24.5 Å². The van der Waals surface area contributed by atoms with Gasteiger partial charge in [-0.05, 0) is 50.1 Å². The third-order valence-electron chi connectivity index (χ3n) is 4.83. The van der Waals surface area contributed by atoms with Crippen molar-refractivity contribution >= 4 is 11.7 Å². The van der Waals surface area contributed by atoms with Gasteiger partial charge in [0, 0.05) is 24.7 Å². The van der Waals surface area contributed by atoms with E-state index in [0.29, 0.717) is 29.6 Å². The molecule has 9 heteroatoms. The number of carbonyl (C=O) groups excluding carboxylic acids is 1. The number of aryl methyl sites for hydroxylation is 1. The highest BCUT2D eigenvalue weighted by atomic mass is 19.1. The molecular weight excluding hydrogens is 387 g/mol. The maximum absolute atomic E-state index is 13.0. The van der Waals surface area contributed by atoms with Crippen LogP contribution in [0.2, 0.25) is 0 Å². The predicted molar refractivity (Wildman–Crippen MR) is 110 cm³/mol. The molecule has 1 fully saturated rings. The molecule has 1 aliphatic rings. The van der Waals surface area contributed by atoms with Gasteiger partial charge in [0.05, 0.1) is 12.2 Å². The fourth-order valence-electron chi connectivity index (χ4n) is 3.33. The van der Waals surface area contributed by atoms with E-state index in [1.165, 1.54) is 25.0 Å². The lowest BCUT2D eigenvalue weighted by atomic mass is 10.1. The van der Waals surface area contributed by atoms with Crippen LogP contribution in [-0.2, 0) is 0 Å². The minimum atomic E-state index is -0.321. The van der Waals surface area contributed by atoms with Gasteiger partial charge in [0.25, 0.3) is 5.91 Å². The zero-order chi connectivity index (χ0) is 20.9. The summed E-state index contributed by atoms with van der Waals surface area (Å²) in [5.74, 6) is 1.42. The number of anilines is 1. The molecule has 2 aromatic heterocycles. The van der Waals surface area contributed by atoms with Crippen molar-refractivity contribution in [1.82, 2.24) is 25.5 Å². The van der Waals surface area contributed by atoms with E-state index in [1.807, 2.05) is 13.0 Å². The Labute approximate surface area is 173 Å². The topological polar surface area (TPSA) is 96.0 Å². The van der Waals surface area contributed by atoms with Crippen LogP contribution in [0.1, 0.15) is 29.2 Å². The minimum Gasteiger partial charge on any atom is -0.476 e. The molecule has 0 bridgehead atoms. The molecule has 30 heavy (non-hydrogen) atoms. The van der Waals surface area contributed by atoms with Gasteiger partial charge in [-0.3, -0.25) is 9.89 Å². The second-order valence-electron chi connectivity index (χ2n) is 7.08. The number of benzene rings is 1. The maximum atomic E-state index is 13.0. The number of rotatable bonds is 7. The lowest BCUT2D eigenvalue weighted by Gasteiger charge is -2.17. The van der Waals surface area contributed by atoms with Crippen LogP contribution in [-0.4, -0.2) is 52.3 Å². The summed E-state index contributed by atoms with van der Waals surface area (Å²) in [5.41, 5.74) is 1.62. The van der Waals surface area contributed by atoms with Crippen molar-refractivity contribution in [3.05, 3.63) is 53.7 Å². The number of aromatic nitrogens is 4. The second kappa shape index (κ2) is 8.89. The number of H-pyrrole nitrogens is 1. The largest absolute Gasteiger partial charge is 0.476 e. The molecule has 4 rings (SSSR count). The number of hydrogen-bond donors (Lipinski definition) is 2. The Balaban J connectivity index is 1.29. The van der Waals surface area contributed by atoms with Gasteiger partial charge in [0.15, 0.2) is 0 Å². The molecule has 1 aliphatic heterocycles. The van der Waals surface area contributed by atoms with Crippen molar-refractivity contribution in [2.24, 2.45) is 0 Å². The zero-order valence-electron chi connectivity index (χ0n) is 16.7. The number of ether oxygens (including phenoxy) is 1. The summed E-state index contributed by atoms with van der Waals surface area (Å²) in [7, 11) is 0. The SMILES string of the molecule is Cc1nc(OCCNC(=O)c2cc(-c3ccc(F)cc3)n[nH]2)cc(N2CCCC2)n1. The molecular formula is C21H23FN6O2. The molecule has 0 aliphatic carbocycles. The van der Waals surface area contributed by atoms with Crippen molar-refractivity contribution in [2.45, 2.75) is 19.8 Å². The first-order chi connectivity index (χ1) is 14.6. The quantitative estimate of drug-likeness (QED) is 0.582. The summed E-state index contributed by atoms with van der Waals surface area (Å²) in [6.45, 7) is 4.42. The molecule has 1 saturated heterocycles. The lowest BCUT2D eigenvalue weighted by Crippen LogP contribution is -2.28. The summed E-state index contributed by atoms with van der Waals surface area (Å²) in [4.78, 5) is 23.3. The number of amides is 1. The maximum Gasteiger partial charge on any atom is 0.269 e. The standard InChI is InChI=1S/C21H23FN6O2/c1-14-24-19(28-9-2-3-10-28)13-20(25-14)30-11-8-23-21(29)18-12-17(26-27-18)15-4-6-16(22)7-5-15/h4-7,12-13H,2-3,8-11H2,1H3,(H,23,29)(H,26,27). The molecule has 156 valence electrons. The molecule has 0 radical (unpaired) electrons. The highest BCUT2D eigenvalue weighted by molar-refractivity contribution is 5.93. The van der Waals surface area contributed by atoms with E-state index in [2.05, 4.69) is 30.4 Å². The predicted octanol–water partition coefficient (Wildman–Crippen LogP) is 2.72. The van der Waals surface area contributed by atoms with Crippen molar-refractivity contribution in [3.8, 4) is 17.1 Å². The zero-order valence-corrected chi connectivity index (χ0v) is 16.7. The van der Waals surface area contributed by atoms with Gasteiger partial charge >= 0.3 is 0 Å². The number of halogens is 1. The van der Waals surface area contributed by atoms with Gasteiger partial charge < -0.3 is 15.0 Å². The molecule has 0 spiro atoms. The van der Waals surface area contributed by atoms with Crippen molar-refractivity contribution < 1.29 is 13.9 Å². The summed E-state index contributed by atoms with van der Waals surface area (Å²) in [5, 5.41) is 9.59. The first-order valence-corrected chi connectivity index (χ1v) is 9.91. The number of aromatic amines is 1. The van der Waals surface area contributed by atoms with Crippen LogP contribution in [0.3, 0.4) is 0 Å². The summed E-state index contributed by atoms with van der Waals surface area (Å²) < 4.78 is 18.7. The Bertz CT molecular complexity index is 1010. The van der Waals surface area contributed by atoms with E-state index in [9.17, 15) is 9.18 Å². The van der Waals surface area contributed by atoms with Crippen LogP contribution in [0.15, 0.2) is 36.4 Å². The Hall–Kier alpha value is -3.49. The number of carbonyl (C=O) groups is 1. The first kappa shape index (κ1) is 19.8. The van der Waals surface area contributed by atoms with Crippen molar-refractivity contribution in [1.29, 1.82) is 0 Å². The molecule has 2 N–H and O–H groups in total. The van der Waals surface area contributed by atoms with Crippen LogP contribution < -0.4 is 15.0 Å². The van der Waals surface area contributed by atoms with E-state index in [4.69, 9.17) is 4.74 Å². The summed E-state index contributed by atoms with van der Waals surface area (Å²) in [6.07, 6.45) is 2.34. The lowest BCUT2D eigenvalue weighted by molar-refractivity contribution is 0.0941. The fourth-order valence-corrected chi connectivity index (χ4v) is 3.33. The third kappa shape index (κ3) is 4.73. The van der Waals surface area contributed by atoms with Crippen LogP contribution in [0.4, 0.5) is 10.2 Å². The van der Waals surface area contributed by atoms with Gasteiger partial charge in [-0.15, -0.1) is 0 Å². The summed E-state index contributed by atoms with van der Waals surface area (Å²) >= 11 is 0. The fraction of sp³-hybridized carbons (Fsp3) is 0.333. The molecule has 8 nitrogen and oxygen atoms in total. The van der Waals surface area contributed by atoms with Crippen LogP contribution in [0, 0.1) is 12.7 Å². The first-order valence-electron chi connectivity index (χ1n) is 9.91. The average molecular weight is 410 g/mol. The monoisotopic (exact) mass is 410 g/mol. The number of nitrogens with one attached hydrogen (secondary N) is 2. The van der Waals surface area contributed by atoms with Crippen molar-refractivity contribution in [2.75, 3.05) is 31.1 Å². The molecule has 3 heterocycles. The minimum absolute atomic E-state index is 0.278. The molecule has 0 unspecified atom stereocenters. The van der Waals surface area contributed by atoms with Crippen LogP contribution in [0.25, 0.3) is 11.3 Å². The number of hydrogen-bond acceptors (Lipinski definition) is 6. The van der Waals surface area contributed by atoms with E-state index < -0.39 is 0 Å². The van der Waals surface area contributed by atoms with E-state index in [-0.39, 0.29) is 18.3 Å². The third-order valence-corrected chi connectivity index (χ3v) is 4.83. The highest BCUT2D eigenvalue weighted by Crippen LogP contribution is 2.21. The number of nitrogens with zero attached hydrogens (tertiary/aromatic N) is 4. The van der Waals surface area contributed by atoms with E-state index >= 15 is 0 Å². The van der Waals surface area contributed by atoms with Gasteiger partial charge in [-0.2, -0.15) is 10.1 Å². The Morgan fingerprint density at radius 2 is 1.97 bits per heavy atom. The molecule has 1 amide bonds. The Morgan fingerprint density at radius 1 is 1.20 bits per heavy atom. The van der Waals surface area contributed by atoms with Gasteiger partial charge in [-0.1, -0.05) is 0 Å². The Morgan fingerprint density at radius 3 is 2.73 bits per heavy atom. The highest BCUT2D eigenvalue weighted by Gasteiger charge is 2.16. The summed E-state index contributed by atoms with van der Waals surface area (Å²) in [6, 6.07) is 9.39. The van der Waals surface area contributed by atoms with Gasteiger partial charge in [-0.25, -0.2) is 9.37 Å². The average Bonchev–Trinajstić information content (AvgIpc) is 3.43. The van der Waals surface area contributed by atoms with Gasteiger partial charge in [0.1, 0.15) is 29.8 Å². The van der Waals surface area contributed by atoms with Gasteiger partial charge in [0.2, 0.25) is 5.88 Å². The Kier molecular flexibility index (Phi) is 5.87. The molecule has 0 saturated carbocycles. The molecule has 1 aromatic carbocycles. The van der Waals surface area contributed by atoms with Crippen LogP contribution in [0.5, 0.6) is 5.88 Å². The second-order valence-corrected chi connectivity index (χ2v) is 7.08. The molecule has 3 aromatic rings. The smallest absolute Gasteiger partial charge is 0.269 e. The van der Waals surface area contributed by atoms with E-state index in [1.54, 1.807) is 18.2 Å². The molecule has 0 atom stereocenters.